The zero-order valence-corrected chi connectivity index (χ0v) is 11.9. The molecule has 2 aliphatic rings. The first-order chi connectivity index (χ1) is 9.15. The predicted molar refractivity (Wildman–Crippen MR) is 77.4 cm³/mol. The second kappa shape index (κ2) is 4.97. The highest BCUT2D eigenvalue weighted by atomic mass is 16.1. The summed E-state index contributed by atoms with van der Waals surface area (Å²) in [6.45, 7) is 7.73. The number of anilines is 1. The Balaban J connectivity index is 1.99. The molecule has 1 aromatic carbocycles. The van der Waals surface area contributed by atoms with Gasteiger partial charge in [-0.1, -0.05) is 6.07 Å². The van der Waals surface area contributed by atoms with Crippen molar-refractivity contribution >= 4 is 11.6 Å². The minimum Gasteiger partial charge on any atom is -0.326 e. The van der Waals surface area contributed by atoms with Crippen LogP contribution in [0.4, 0.5) is 5.69 Å². The van der Waals surface area contributed by atoms with E-state index in [9.17, 15) is 4.79 Å². The number of benzene rings is 1. The van der Waals surface area contributed by atoms with E-state index in [0.29, 0.717) is 6.42 Å². The maximum Gasteiger partial charge on any atom is 0.224 e. The summed E-state index contributed by atoms with van der Waals surface area (Å²) in [7, 11) is 0. The molecule has 3 nitrogen and oxygen atoms in total. The van der Waals surface area contributed by atoms with E-state index in [-0.39, 0.29) is 5.91 Å². The topological polar surface area (TPSA) is 32.3 Å². The van der Waals surface area contributed by atoms with Crippen molar-refractivity contribution in [3.63, 3.8) is 0 Å². The summed E-state index contributed by atoms with van der Waals surface area (Å²) in [4.78, 5) is 14.2. The van der Waals surface area contributed by atoms with Crippen LogP contribution in [-0.4, -0.2) is 23.9 Å². The molecule has 0 spiro atoms. The molecule has 0 unspecified atom stereocenters. The minimum atomic E-state index is 0.165. The lowest BCUT2D eigenvalue weighted by Gasteiger charge is -2.26. The Morgan fingerprint density at radius 1 is 1.21 bits per heavy atom. The number of nitrogens with one attached hydrogen (secondary N) is 1. The lowest BCUT2D eigenvalue weighted by atomic mass is 9.92. The maximum atomic E-state index is 11.7. The summed E-state index contributed by atoms with van der Waals surface area (Å²) in [5.41, 5.74) is 6.45. The number of hydrogen-bond acceptors (Lipinski definition) is 2. The summed E-state index contributed by atoms with van der Waals surface area (Å²) in [5.74, 6) is 0.165. The Morgan fingerprint density at radius 3 is 2.68 bits per heavy atom. The monoisotopic (exact) mass is 258 g/mol. The van der Waals surface area contributed by atoms with Crippen molar-refractivity contribution in [2.75, 3.05) is 18.4 Å². The third-order valence-corrected chi connectivity index (χ3v) is 4.52. The fraction of sp³-hybridized carbons (Fsp3) is 0.562. The minimum absolute atomic E-state index is 0.165. The molecule has 1 fully saturated rings. The van der Waals surface area contributed by atoms with Crippen LogP contribution in [0.5, 0.6) is 0 Å². The molecule has 2 heterocycles. The number of fused-ring (bicyclic) bond motifs is 1. The van der Waals surface area contributed by atoms with Crippen molar-refractivity contribution < 1.29 is 4.79 Å². The molecule has 1 N–H and O–H groups in total. The van der Waals surface area contributed by atoms with Gasteiger partial charge in [-0.3, -0.25) is 9.69 Å². The molecule has 0 bridgehead atoms. The van der Waals surface area contributed by atoms with Gasteiger partial charge in [0.05, 0.1) is 0 Å². The fourth-order valence-corrected chi connectivity index (χ4v) is 3.23. The second-order valence-electron chi connectivity index (χ2n) is 5.86. The summed E-state index contributed by atoms with van der Waals surface area (Å²) < 4.78 is 0. The summed E-state index contributed by atoms with van der Waals surface area (Å²) >= 11 is 0. The van der Waals surface area contributed by atoms with Gasteiger partial charge in [-0.15, -0.1) is 0 Å². The third kappa shape index (κ3) is 2.39. The van der Waals surface area contributed by atoms with Crippen molar-refractivity contribution in [3.8, 4) is 0 Å². The fourth-order valence-electron chi connectivity index (χ4n) is 3.23. The average Bonchev–Trinajstić information content (AvgIpc) is 2.89. The number of nitrogens with zero attached hydrogens (tertiary/aromatic N) is 1. The maximum absolute atomic E-state index is 11.7. The highest BCUT2D eigenvalue weighted by Gasteiger charge is 2.22. The van der Waals surface area contributed by atoms with Gasteiger partial charge in [-0.25, -0.2) is 0 Å². The molecule has 1 amide bonds. The van der Waals surface area contributed by atoms with Gasteiger partial charge in [0.25, 0.3) is 0 Å². The molecule has 0 aliphatic carbocycles. The van der Waals surface area contributed by atoms with Crippen LogP contribution in [-0.2, 0) is 17.8 Å². The van der Waals surface area contributed by atoms with E-state index in [2.05, 4.69) is 30.1 Å². The molecule has 1 aromatic rings. The molecule has 0 radical (unpaired) electrons. The van der Waals surface area contributed by atoms with Gasteiger partial charge >= 0.3 is 0 Å². The lowest BCUT2D eigenvalue weighted by molar-refractivity contribution is -0.116. The van der Waals surface area contributed by atoms with E-state index in [1.54, 1.807) is 0 Å². The zero-order chi connectivity index (χ0) is 13.4. The molecule has 19 heavy (non-hydrogen) atoms. The standard InChI is InChI=1S/C16H22N2O/c1-11-9-13-5-6-15(19)17-16(13)14(12(11)2)10-18-7-3-4-8-18/h9H,3-8,10H2,1-2H3,(H,17,19). The first-order valence-electron chi connectivity index (χ1n) is 7.29. The number of likely N-dealkylation sites (tertiary alicyclic amines) is 1. The molecule has 3 heteroatoms. The largest absolute Gasteiger partial charge is 0.326 e. The van der Waals surface area contributed by atoms with E-state index in [0.717, 1.165) is 18.7 Å². The van der Waals surface area contributed by atoms with E-state index in [1.807, 2.05) is 0 Å². The van der Waals surface area contributed by atoms with Gasteiger partial charge < -0.3 is 5.32 Å². The highest BCUT2D eigenvalue weighted by molar-refractivity contribution is 5.95. The second-order valence-corrected chi connectivity index (χ2v) is 5.86. The molecule has 102 valence electrons. The Kier molecular flexibility index (Phi) is 3.31. The smallest absolute Gasteiger partial charge is 0.224 e. The predicted octanol–water partition coefficient (Wildman–Crippen LogP) is 2.78. The average molecular weight is 258 g/mol. The molecule has 1 saturated heterocycles. The van der Waals surface area contributed by atoms with Crippen molar-refractivity contribution in [3.05, 3.63) is 28.3 Å². The van der Waals surface area contributed by atoms with Crippen molar-refractivity contribution in [1.82, 2.24) is 4.90 Å². The van der Waals surface area contributed by atoms with Gasteiger partial charge in [-0.05, 0) is 68.5 Å². The van der Waals surface area contributed by atoms with Crippen LogP contribution in [0.1, 0.15) is 41.5 Å². The zero-order valence-electron chi connectivity index (χ0n) is 11.9. The van der Waals surface area contributed by atoms with E-state index < -0.39 is 0 Å². The van der Waals surface area contributed by atoms with Crippen LogP contribution in [0.2, 0.25) is 0 Å². The quantitative estimate of drug-likeness (QED) is 0.884. The van der Waals surface area contributed by atoms with Crippen molar-refractivity contribution in [2.24, 2.45) is 0 Å². The number of carbonyl (C=O) groups is 1. The number of amides is 1. The highest BCUT2D eigenvalue weighted by Crippen LogP contribution is 2.32. The molecular formula is C16H22N2O. The van der Waals surface area contributed by atoms with Crippen LogP contribution in [0.15, 0.2) is 6.07 Å². The number of carbonyl (C=O) groups excluding carboxylic acids is 1. The molecule has 0 aromatic heterocycles. The van der Waals surface area contributed by atoms with Crippen LogP contribution >= 0.6 is 0 Å². The number of rotatable bonds is 2. The van der Waals surface area contributed by atoms with Gasteiger partial charge in [0.2, 0.25) is 5.91 Å². The first-order valence-corrected chi connectivity index (χ1v) is 7.29. The number of hydrogen-bond donors (Lipinski definition) is 1. The molecular weight excluding hydrogens is 236 g/mol. The van der Waals surface area contributed by atoms with Crippen LogP contribution in [0.25, 0.3) is 0 Å². The first kappa shape index (κ1) is 12.7. The third-order valence-electron chi connectivity index (χ3n) is 4.52. The van der Waals surface area contributed by atoms with Crippen LogP contribution in [0.3, 0.4) is 0 Å². The Labute approximate surface area is 115 Å². The van der Waals surface area contributed by atoms with Gasteiger partial charge in [0.1, 0.15) is 0 Å². The lowest BCUT2D eigenvalue weighted by Crippen LogP contribution is -2.25. The van der Waals surface area contributed by atoms with E-state index in [1.165, 1.54) is 48.2 Å². The van der Waals surface area contributed by atoms with E-state index in [4.69, 9.17) is 0 Å². The molecule has 0 saturated carbocycles. The Morgan fingerprint density at radius 2 is 1.95 bits per heavy atom. The Bertz CT molecular complexity index is 516. The van der Waals surface area contributed by atoms with Crippen molar-refractivity contribution in [1.29, 1.82) is 0 Å². The summed E-state index contributed by atoms with van der Waals surface area (Å²) in [5, 5.41) is 3.10. The van der Waals surface area contributed by atoms with E-state index >= 15 is 0 Å². The van der Waals surface area contributed by atoms with Gasteiger partial charge in [0.15, 0.2) is 0 Å². The van der Waals surface area contributed by atoms with Crippen LogP contribution in [0, 0.1) is 13.8 Å². The van der Waals surface area contributed by atoms with Crippen LogP contribution < -0.4 is 5.32 Å². The molecule has 3 rings (SSSR count). The van der Waals surface area contributed by atoms with Gasteiger partial charge in [0, 0.05) is 18.7 Å². The molecule has 0 atom stereocenters. The summed E-state index contributed by atoms with van der Waals surface area (Å²) in [6, 6.07) is 2.25. The van der Waals surface area contributed by atoms with Crippen molar-refractivity contribution in [2.45, 2.75) is 46.1 Å². The summed E-state index contributed by atoms with van der Waals surface area (Å²) in [6.07, 6.45) is 4.12. The Hall–Kier alpha value is -1.35. The molecule has 2 aliphatic heterocycles. The van der Waals surface area contributed by atoms with Gasteiger partial charge in [-0.2, -0.15) is 0 Å². The normalized spacial score (nSPS) is 19.4. The number of aryl methyl sites for hydroxylation is 2. The SMILES string of the molecule is Cc1cc2c(c(CN3CCCC3)c1C)NC(=O)CC2.